The fourth-order valence-electron chi connectivity index (χ4n) is 2.76. The Kier molecular flexibility index (Phi) is 7.58. The maximum atomic E-state index is 12.9. The zero-order valence-corrected chi connectivity index (χ0v) is 16.7. The zero-order valence-electron chi connectivity index (χ0n) is 15.9. The van der Waals surface area contributed by atoms with Gasteiger partial charge >= 0.3 is 0 Å². The van der Waals surface area contributed by atoms with Gasteiger partial charge in [0.25, 0.3) is 5.91 Å². The van der Waals surface area contributed by atoms with Crippen LogP contribution in [0, 0.1) is 0 Å². The van der Waals surface area contributed by atoms with Crippen LogP contribution in [-0.4, -0.2) is 36.1 Å². The molecule has 0 aliphatic carbocycles. The van der Waals surface area contributed by atoms with Crippen molar-refractivity contribution in [1.29, 1.82) is 0 Å². The standard InChI is InChI=1S/C22H24N2O3S/c1-26-14-8-13-24(22(25)18-9-4-2-5-10-18)15-19-17-28-21(23-19)16-27-20-11-6-3-7-12-20/h2-7,9-12,17H,8,13-16H2,1H3. The highest BCUT2D eigenvalue weighted by Crippen LogP contribution is 2.17. The van der Waals surface area contributed by atoms with Crippen LogP contribution in [0.2, 0.25) is 0 Å². The number of hydrogen-bond acceptors (Lipinski definition) is 5. The van der Waals surface area contributed by atoms with E-state index in [0.717, 1.165) is 22.9 Å². The molecule has 0 spiro atoms. The maximum Gasteiger partial charge on any atom is 0.254 e. The lowest BCUT2D eigenvalue weighted by molar-refractivity contribution is 0.0721. The van der Waals surface area contributed by atoms with Crippen molar-refractivity contribution in [2.24, 2.45) is 0 Å². The van der Waals surface area contributed by atoms with Crippen molar-refractivity contribution >= 4 is 17.2 Å². The van der Waals surface area contributed by atoms with Crippen LogP contribution in [0.5, 0.6) is 5.75 Å². The fourth-order valence-corrected chi connectivity index (χ4v) is 3.46. The van der Waals surface area contributed by atoms with Crippen LogP contribution in [0.3, 0.4) is 0 Å². The van der Waals surface area contributed by atoms with Gasteiger partial charge in [0.2, 0.25) is 0 Å². The van der Waals surface area contributed by atoms with Crippen LogP contribution >= 0.6 is 11.3 Å². The second kappa shape index (κ2) is 10.6. The predicted octanol–water partition coefficient (Wildman–Crippen LogP) is 4.40. The highest BCUT2D eigenvalue weighted by atomic mass is 32.1. The van der Waals surface area contributed by atoms with Gasteiger partial charge in [-0.3, -0.25) is 4.79 Å². The number of ether oxygens (including phenoxy) is 2. The van der Waals surface area contributed by atoms with E-state index in [-0.39, 0.29) is 5.91 Å². The van der Waals surface area contributed by atoms with E-state index in [9.17, 15) is 4.79 Å². The lowest BCUT2D eigenvalue weighted by atomic mass is 10.2. The second-order valence-electron chi connectivity index (χ2n) is 6.27. The minimum absolute atomic E-state index is 0.00629. The molecule has 1 heterocycles. The highest BCUT2D eigenvalue weighted by molar-refractivity contribution is 7.09. The van der Waals surface area contributed by atoms with Crippen LogP contribution in [0.25, 0.3) is 0 Å². The van der Waals surface area contributed by atoms with Gasteiger partial charge in [0.1, 0.15) is 17.4 Å². The number of aromatic nitrogens is 1. The molecule has 0 saturated carbocycles. The van der Waals surface area contributed by atoms with Crippen molar-refractivity contribution in [2.75, 3.05) is 20.3 Å². The monoisotopic (exact) mass is 396 g/mol. The number of amides is 1. The Morgan fingerprint density at radius 2 is 1.79 bits per heavy atom. The van der Waals surface area contributed by atoms with Crippen LogP contribution in [0.15, 0.2) is 66.0 Å². The molecule has 146 valence electrons. The fraction of sp³-hybridized carbons (Fsp3) is 0.273. The molecule has 28 heavy (non-hydrogen) atoms. The molecule has 0 bridgehead atoms. The van der Waals surface area contributed by atoms with Crippen molar-refractivity contribution in [1.82, 2.24) is 9.88 Å². The van der Waals surface area contributed by atoms with E-state index < -0.39 is 0 Å². The number of nitrogens with zero attached hydrogens (tertiary/aromatic N) is 2. The predicted molar refractivity (Wildman–Crippen MR) is 111 cm³/mol. The molecule has 5 nitrogen and oxygen atoms in total. The van der Waals surface area contributed by atoms with E-state index in [4.69, 9.17) is 9.47 Å². The quantitative estimate of drug-likeness (QED) is 0.477. The Labute approximate surface area is 169 Å². The number of thiazole rings is 1. The minimum Gasteiger partial charge on any atom is -0.486 e. The van der Waals surface area contributed by atoms with Crippen molar-refractivity contribution < 1.29 is 14.3 Å². The molecule has 0 aliphatic heterocycles. The van der Waals surface area contributed by atoms with Crippen LogP contribution < -0.4 is 4.74 Å². The number of carbonyl (C=O) groups is 1. The summed E-state index contributed by atoms with van der Waals surface area (Å²) in [5.74, 6) is 0.825. The normalized spacial score (nSPS) is 10.6. The first-order valence-corrected chi connectivity index (χ1v) is 10.1. The molecular formula is C22H24N2O3S. The Balaban J connectivity index is 1.63. The number of hydrogen-bond donors (Lipinski definition) is 0. The summed E-state index contributed by atoms with van der Waals surface area (Å²) in [7, 11) is 1.67. The maximum absolute atomic E-state index is 12.9. The number of methoxy groups -OCH3 is 1. The summed E-state index contributed by atoms with van der Waals surface area (Å²) in [6.07, 6.45) is 0.781. The van der Waals surface area contributed by atoms with Gasteiger partial charge in [0.15, 0.2) is 0 Å². The third kappa shape index (κ3) is 5.90. The molecule has 0 saturated heterocycles. The summed E-state index contributed by atoms with van der Waals surface area (Å²) in [6, 6.07) is 19.0. The van der Waals surface area contributed by atoms with E-state index in [2.05, 4.69) is 4.98 Å². The molecule has 3 aromatic rings. The van der Waals surface area contributed by atoms with Crippen LogP contribution in [-0.2, 0) is 17.9 Å². The highest BCUT2D eigenvalue weighted by Gasteiger charge is 2.17. The lowest BCUT2D eigenvalue weighted by Gasteiger charge is -2.22. The topological polar surface area (TPSA) is 51.7 Å². The first-order chi connectivity index (χ1) is 13.8. The molecule has 1 aromatic heterocycles. The van der Waals surface area contributed by atoms with Gasteiger partial charge in [-0.25, -0.2) is 4.98 Å². The van der Waals surface area contributed by atoms with E-state index in [1.165, 1.54) is 0 Å². The minimum atomic E-state index is 0.00629. The van der Waals surface area contributed by atoms with Crippen molar-refractivity contribution in [3.05, 3.63) is 82.3 Å². The summed E-state index contributed by atoms with van der Waals surface area (Å²) in [4.78, 5) is 19.4. The smallest absolute Gasteiger partial charge is 0.254 e. The first kappa shape index (κ1) is 20.0. The summed E-state index contributed by atoms with van der Waals surface area (Å²) in [6.45, 7) is 2.13. The summed E-state index contributed by atoms with van der Waals surface area (Å²) < 4.78 is 10.9. The lowest BCUT2D eigenvalue weighted by Crippen LogP contribution is -2.32. The summed E-state index contributed by atoms with van der Waals surface area (Å²) in [5.41, 5.74) is 1.56. The first-order valence-electron chi connectivity index (χ1n) is 9.20. The molecule has 0 atom stereocenters. The van der Waals surface area contributed by atoms with Gasteiger partial charge in [-0.2, -0.15) is 0 Å². The van der Waals surface area contributed by atoms with E-state index in [0.29, 0.717) is 31.9 Å². The molecular weight excluding hydrogens is 372 g/mol. The van der Waals surface area contributed by atoms with E-state index in [1.54, 1.807) is 18.4 Å². The Morgan fingerprint density at radius 1 is 1.07 bits per heavy atom. The Bertz CT molecular complexity index is 852. The average Bonchev–Trinajstić information content (AvgIpc) is 3.20. The number of benzene rings is 2. The number of carbonyl (C=O) groups excluding carboxylic acids is 1. The molecule has 0 fully saturated rings. The molecule has 1 amide bonds. The Hall–Kier alpha value is -2.70. The van der Waals surface area contributed by atoms with Crippen molar-refractivity contribution in [3.63, 3.8) is 0 Å². The summed E-state index contributed by atoms with van der Waals surface area (Å²) >= 11 is 1.55. The zero-order chi connectivity index (χ0) is 19.6. The molecule has 3 rings (SSSR count). The number of para-hydroxylation sites is 1. The number of rotatable bonds is 10. The third-order valence-electron chi connectivity index (χ3n) is 4.14. The van der Waals surface area contributed by atoms with Crippen LogP contribution in [0.4, 0.5) is 0 Å². The van der Waals surface area contributed by atoms with E-state index in [1.807, 2.05) is 70.9 Å². The van der Waals surface area contributed by atoms with Gasteiger partial charge < -0.3 is 14.4 Å². The SMILES string of the molecule is COCCCN(Cc1csc(COc2ccccc2)n1)C(=O)c1ccccc1. The van der Waals surface area contributed by atoms with E-state index >= 15 is 0 Å². The average molecular weight is 397 g/mol. The van der Waals surface area contributed by atoms with Crippen molar-refractivity contribution in [2.45, 2.75) is 19.6 Å². The van der Waals surface area contributed by atoms with Gasteiger partial charge in [-0.05, 0) is 30.7 Å². The molecule has 0 N–H and O–H groups in total. The summed E-state index contributed by atoms with van der Waals surface area (Å²) in [5, 5.41) is 2.88. The van der Waals surface area contributed by atoms with Crippen molar-refractivity contribution in [3.8, 4) is 5.75 Å². The molecule has 6 heteroatoms. The van der Waals surface area contributed by atoms with Gasteiger partial charge in [-0.15, -0.1) is 11.3 Å². The van der Waals surface area contributed by atoms with Gasteiger partial charge in [-0.1, -0.05) is 36.4 Å². The Morgan fingerprint density at radius 3 is 2.50 bits per heavy atom. The van der Waals surface area contributed by atoms with Gasteiger partial charge in [0.05, 0.1) is 12.2 Å². The molecule has 0 radical (unpaired) electrons. The molecule has 0 aliphatic rings. The largest absolute Gasteiger partial charge is 0.486 e. The van der Waals surface area contributed by atoms with Crippen LogP contribution in [0.1, 0.15) is 27.5 Å². The molecule has 0 unspecified atom stereocenters. The third-order valence-corrected chi connectivity index (χ3v) is 5.01. The van der Waals surface area contributed by atoms with Gasteiger partial charge in [0, 0.05) is 31.2 Å². The molecule has 2 aromatic carbocycles. The second-order valence-corrected chi connectivity index (χ2v) is 7.22.